The van der Waals surface area contributed by atoms with Crippen LogP contribution in [0.15, 0.2) is 83.4 Å². The Labute approximate surface area is 216 Å². The molecule has 0 amide bonds. The number of carbonyl (C=O) groups is 2. The van der Waals surface area contributed by atoms with E-state index < -0.39 is 5.41 Å². The minimum atomic E-state index is -0.474. The van der Waals surface area contributed by atoms with Crippen molar-refractivity contribution in [3.63, 3.8) is 0 Å². The summed E-state index contributed by atoms with van der Waals surface area (Å²) in [5.74, 6) is 0.0691. The van der Waals surface area contributed by atoms with Gasteiger partial charge in [-0.2, -0.15) is 0 Å². The maximum absolute atomic E-state index is 12.7. The third kappa shape index (κ3) is 4.92. The van der Waals surface area contributed by atoms with E-state index >= 15 is 0 Å². The van der Waals surface area contributed by atoms with Crippen molar-refractivity contribution in [2.75, 3.05) is 7.11 Å². The zero-order valence-electron chi connectivity index (χ0n) is 21.2. The molecule has 6 heteroatoms. The first-order valence-electron chi connectivity index (χ1n) is 12.4. The molecule has 5 rings (SSSR count). The van der Waals surface area contributed by atoms with E-state index in [2.05, 4.69) is 5.16 Å². The first-order chi connectivity index (χ1) is 17.9. The molecule has 188 valence electrons. The Morgan fingerprint density at radius 2 is 1.51 bits per heavy atom. The smallest absolute Gasteiger partial charge is 0.316 e. The van der Waals surface area contributed by atoms with Gasteiger partial charge in [0.25, 0.3) is 0 Å². The van der Waals surface area contributed by atoms with Crippen LogP contribution in [0.4, 0.5) is 0 Å². The standard InChI is InChI=1S/C31H29NO5/c1-20-27(19-28(33)36-21(2)22-7-5-4-6-8-22)29(37-32-20)25-11-9-23(10-12-25)24-13-15-26(16-14-24)31(17-18-31)30(34)35-3/h4-16,21H,17-19H2,1-3H3/t21-/m1/s1. The van der Waals surface area contributed by atoms with Crippen molar-refractivity contribution in [3.8, 4) is 22.5 Å². The molecule has 1 aliphatic rings. The molecule has 3 aromatic carbocycles. The van der Waals surface area contributed by atoms with Crippen LogP contribution >= 0.6 is 0 Å². The van der Waals surface area contributed by atoms with Gasteiger partial charge < -0.3 is 14.0 Å². The topological polar surface area (TPSA) is 78.6 Å². The molecule has 0 unspecified atom stereocenters. The predicted molar refractivity (Wildman–Crippen MR) is 140 cm³/mol. The normalized spacial score (nSPS) is 14.6. The largest absolute Gasteiger partial charge is 0.468 e. The molecule has 1 aromatic heterocycles. The van der Waals surface area contributed by atoms with Crippen LogP contribution in [-0.4, -0.2) is 24.2 Å². The number of aromatic nitrogens is 1. The summed E-state index contributed by atoms with van der Waals surface area (Å²) in [7, 11) is 1.44. The second kappa shape index (κ2) is 10.1. The van der Waals surface area contributed by atoms with Crippen LogP contribution in [0.3, 0.4) is 0 Å². The monoisotopic (exact) mass is 495 g/mol. The summed E-state index contributed by atoms with van der Waals surface area (Å²) < 4.78 is 16.3. The van der Waals surface area contributed by atoms with Crippen molar-refractivity contribution in [2.24, 2.45) is 0 Å². The van der Waals surface area contributed by atoms with Crippen molar-refractivity contribution in [2.45, 2.75) is 44.6 Å². The first kappa shape index (κ1) is 24.5. The molecule has 0 bridgehead atoms. The van der Waals surface area contributed by atoms with Crippen LogP contribution in [-0.2, 0) is 30.9 Å². The van der Waals surface area contributed by atoms with Crippen LogP contribution in [0, 0.1) is 6.92 Å². The van der Waals surface area contributed by atoms with Gasteiger partial charge in [-0.05, 0) is 48.9 Å². The van der Waals surface area contributed by atoms with E-state index in [1.54, 1.807) is 0 Å². The summed E-state index contributed by atoms with van der Waals surface area (Å²) in [5.41, 5.74) is 5.77. The first-order valence-corrected chi connectivity index (χ1v) is 12.4. The van der Waals surface area contributed by atoms with E-state index in [0.29, 0.717) is 11.5 Å². The molecule has 0 aliphatic heterocycles. The molecular weight excluding hydrogens is 466 g/mol. The van der Waals surface area contributed by atoms with Gasteiger partial charge in [-0.15, -0.1) is 0 Å². The lowest BCUT2D eigenvalue weighted by Crippen LogP contribution is -2.21. The van der Waals surface area contributed by atoms with Crippen molar-refractivity contribution in [1.29, 1.82) is 0 Å². The van der Waals surface area contributed by atoms with Gasteiger partial charge in [0, 0.05) is 11.1 Å². The summed E-state index contributed by atoms with van der Waals surface area (Å²) in [4.78, 5) is 24.9. The van der Waals surface area contributed by atoms with Crippen molar-refractivity contribution in [1.82, 2.24) is 5.16 Å². The second-order valence-corrected chi connectivity index (χ2v) is 9.52. The molecule has 1 atom stereocenters. The fourth-order valence-electron chi connectivity index (χ4n) is 4.73. The number of benzene rings is 3. The molecule has 0 spiro atoms. The average Bonchev–Trinajstić information content (AvgIpc) is 3.67. The average molecular weight is 496 g/mol. The fourth-order valence-corrected chi connectivity index (χ4v) is 4.73. The van der Waals surface area contributed by atoms with Crippen LogP contribution in [0.2, 0.25) is 0 Å². The number of methoxy groups -OCH3 is 1. The van der Waals surface area contributed by atoms with E-state index in [1.165, 1.54) is 7.11 Å². The molecule has 0 saturated heterocycles. The Bertz CT molecular complexity index is 1400. The minimum absolute atomic E-state index is 0.0764. The molecule has 0 N–H and O–H groups in total. The number of hydrogen-bond donors (Lipinski definition) is 0. The maximum Gasteiger partial charge on any atom is 0.316 e. The van der Waals surface area contributed by atoms with Crippen LogP contribution in [0.5, 0.6) is 0 Å². The molecule has 1 fully saturated rings. The number of ether oxygens (including phenoxy) is 2. The summed E-state index contributed by atoms with van der Waals surface area (Å²) >= 11 is 0. The van der Waals surface area contributed by atoms with Gasteiger partial charge in [0.15, 0.2) is 5.76 Å². The van der Waals surface area contributed by atoms with Gasteiger partial charge in [-0.1, -0.05) is 84.0 Å². The molecule has 4 aromatic rings. The number of nitrogens with zero attached hydrogens (tertiary/aromatic N) is 1. The molecule has 1 saturated carbocycles. The Morgan fingerprint density at radius 3 is 2.11 bits per heavy atom. The second-order valence-electron chi connectivity index (χ2n) is 9.52. The van der Waals surface area contributed by atoms with Gasteiger partial charge >= 0.3 is 11.9 Å². The number of esters is 2. The third-order valence-electron chi connectivity index (χ3n) is 7.13. The zero-order chi connectivity index (χ0) is 26.0. The number of rotatable bonds is 8. The van der Waals surface area contributed by atoms with Crippen LogP contribution in [0.1, 0.15) is 48.3 Å². The number of aryl methyl sites for hydroxylation is 1. The van der Waals surface area contributed by atoms with Gasteiger partial charge in [0.2, 0.25) is 0 Å². The summed E-state index contributed by atoms with van der Waals surface area (Å²) in [6.07, 6.45) is 1.38. The van der Waals surface area contributed by atoms with E-state index in [1.807, 2.05) is 92.7 Å². The van der Waals surface area contributed by atoms with E-state index in [-0.39, 0.29) is 24.5 Å². The SMILES string of the molecule is COC(=O)C1(c2ccc(-c3ccc(-c4onc(C)c4CC(=O)O[C@H](C)c4ccccc4)cc3)cc2)CC1. The fraction of sp³-hybridized carbons (Fsp3) is 0.258. The summed E-state index contributed by atoms with van der Waals surface area (Å²) in [6.45, 7) is 3.69. The van der Waals surface area contributed by atoms with Crippen LogP contribution in [0.25, 0.3) is 22.5 Å². The quantitative estimate of drug-likeness (QED) is 0.264. The third-order valence-corrected chi connectivity index (χ3v) is 7.13. The van der Waals surface area contributed by atoms with Crippen molar-refractivity contribution in [3.05, 3.63) is 101 Å². The lowest BCUT2D eigenvalue weighted by Gasteiger charge is -2.14. The summed E-state index contributed by atoms with van der Waals surface area (Å²) in [5, 5.41) is 4.10. The Morgan fingerprint density at radius 1 is 0.919 bits per heavy atom. The maximum atomic E-state index is 12.7. The Hall–Kier alpha value is -4.19. The summed E-state index contributed by atoms with van der Waals surface area (Å²) in [6, 6.07) is 25.7. The highest BCUT2D eigenvalue weighted by molar-refractivity contribution is 5.87. The van der Waals surface area contributed by atoms with Crippen molar-refractivity contribution < 1.29 is 23.6 Å². The minimum Gasteiger partial charge on any atom is -0.468 e. The number of carbonyl (C=O) groups excluding carboxylic acids is 2. The molecule has 37 heavy (non-hydrogen) atoms. The molecule has 0 radical (unpaired) electrons. The lowest BCUT2D eigenvalue weighted by atomic mass is 9.93. The zero-order valence-corrected chi connectivity index (χ0v) is 21.2. The molecule has 6 nitrogen and oxygen atoms in total. The Balaban J connectivity index is 1.30. The van der Waals surface area contributed by atoms with Gasteiger partial charge in [0.05, 0.1) is 24.6 Å². The highest BCUT2D eigenvalue weighted by Crippen LogP contribution is 2.49. The van der Waals surface area contributed by atoms with E-state index in [4.69, 9.17) is 14.0 Å². The highest BCUT2D eigenvalue weighted by Gasteiger charge is 2.52. The molecular formula is C31H29NO5. The lowest BCUT2D eigenvalue weighted by molar-refractivity contribution is -0.147. The molecule has 1 aliphatic carbocycles. The van der Waals surface area contributed by atoms with Crippen molar-refractivity contribution >= 4 is 11.9 Å². The van der Waals surface area contributed by atoms with Gasteiger partial charge in [-0.3, -0.25) is 9.59 Å². The van der Waals surface area contributed by atoms with E-state index in [0.717, 1.165) is 46.2 Å². The van der Waals surface area contributed by atoms with E-state index in [9.17, 15) is 9.59 Å². The Kier molecular flexibility index (Phi) is 6.66. The predicted octanol–water partition coefficient (Wildman–Crippen LogP) is 6.37. The van der Waals surface area contributed by atoms with Gasteiger partial charge in [-0.25, -0.2) is 0 Å². The van der Waals surface area contributed by atoms with Crippen LogP contribution < -0.4 is 0 Å². The highest BCUT2D eigenvalue weighted by atomic mass is 16.5. The van der Waals surface area contributed by atoms with Gasteiger partial charge in [0.1, 0.15) is 6.10 Å². The number of hydrogen-bond acceptors (Lipinski definition) is 6. The molecule has 1 heterocycles.